The molecular weight excluding hydrogens is 340 g/mol. The highest BCUT2D eigenvalue weighted by atomic mass is 35.5. The fraction of sp³-hybridized carbons (Fsp3) is 0.533. The number of halogens is 1. The molecule has 1 aromatic carbocycles. The van der Waals surface area contributed by atoms with Gasteiger partial charge in [0, 0.05) is 36.5 Å². The molecule has 0 aromatic heterocycles. The summed E-state index contributed by atoms with van der Waals surface area (Å²) in [4.78, 5) is 13.9. The Morgan fingerprint density at radius 1 is 1.48 bits per heavy atom. The summed E-state index contributed by atoms with van der Waals surface area (Å²) >= 11 is 5.96. The molecule has 1 fully saturated rings. The molecule has 128 valence electrons. The van der Waals surface area contributed by atoms with E-state index < -0.39 is 9.84 Å². The molecule has 1 aromatic rings. The number of nitrogens with one attached hydrogen (secondary N) is 1. The van der Waals surface area contributed by atoms with Crippen molar-refractivity contribution in [1.82, 2.24) is 10.2 Å². The molecule has 1 atom stereocenters. The largest absolute Gasteiger partial charge is 0.496 e. The zero-order valence-corrected chi connectivity index (χ0v) is 14.8. The van der Waals surface area contributed by atoms with Gasteiger partial charge in [0.2, 0.25) is 0 Å². The fourth-order valence-electron chi connectivity index (χ4n) is 2.75. The molecule has 1 heterocycles. The van der Waals surface area contributed by atoms with Crippen molar-refractivity contribution in [1.29, 1.82) is 0 Å². The third kappa shape index (κ3) is 5.28. The van der Waals surface area contributed by atoms with E-state index in [2.05, 4.69) is 5.32 Å². The van der Waals surface area contributed by atoms with E-state index in [1.54, 1.807) is 30.2 Å². The fourth-order valence-corrected chi connectivity index (χ4v) is 4.07. The molecule has 1 saturated heterocycles. The number of rotatable bonds is 5. The maximum atomic E-state index is 12.2. The number of hydrogen-bond donors (Lipinski definition) is 1. The van der Waals surface area contributed by atoms with Crippen LogP contribution in [0.1, 0.15) is 12.0 Å². The molecule has 0 aliphatic carbocycles. The van der Waals surface area contributed by atoms with Crippen LogP contribution in [0.25, 0.3) is 0 Å². The van der Waals surface area contributed by atoms with Crippen LogP contribution in [-0.4, -0.2) is 51.6 Å². The van der Waals surface area contributed by atoms with Crippen LogP contribution < -0.4 is 10.1 Å². The van der Waals surface area contributed by atoms with Crippen molar-refractivity contribution < 1.29 is 17.9 Å². The topological polar surface area (TPSA) is 75.7 Å². The predicted molar refractivity (Wildman–Crippen MR) is 89.6 cm³/mol. The Bertz CT molecular complexity index is 678. The number of nitrogens with zero attached hydrogens (tertiary/aromatic N) is 1. The lowest BCUT2D eigenvalue weighted by Crippen LogP contribution is -2.38. The quantitative estimate of drug-likeness (QED) is 0.870. The number of sulfone groups is 1. The molecule has 0 saturated carbocycles. The second kappa shape index (κ2) is 7.40. The van der Waals surface area contributed by atoms with E-state index in [1.807, 2.05) is 0 Å². The summed E-state index contributed by atoms with van der Waals surface area (Å²) in [6.07, 6.45) is 1.93. The van der Waals surface area contributed by atoms with Crippen molar-refractivity contribution in [2.45, 2.75) is 13.0 Å². The summed E-state index contributed by atoms with van der Waals surface area (Å²) in [6, 6.07) is 5.02. The Labute approximate surface area is 141 Å². The number of carbonyl (C=O) groups is 1. The van der Waals surface area contributed by atoms with Gasteiger partial charge in [-0.2, -0.15) is 0 Å². The van der Waals surface area contributed by atoms with Gasteiger partial charge in [-0.1, -0.05) is 11.6 Å². The summed E-state index contributed by atoms with van der Waals surface area (Å²) in [5.41, 5.74) is 0.792. The molecule has 1 N–H and O–H groups in total. The standard InChI is InChI=1S/C15H21ClN2O4S/c1-22-14-4-3-13(16)7-12(14)8-17-15(19)18-6-5-11(9-18)10-23(2,20)21/h3-4,7,11H,5-6,8-10H2,1-2H3,(H,17,19). The van der Waals surface area contributed by atoms with Gasteiger partial charge in [0.25, 0.3) is 0 Å². The minimum atomic E-state index is -3.02. The molecule has 1 aliphatic rings. The molecule has 0 spiro atoms. The molecular formula is C15H21ClN2O4S. The minimum absolute atomic E-state index is 0.0106. The Hall–Kier alpha value is -1.47. The van der Waals surface area contributed by atoms with Crippen LogP contribution in [0.15, 0.2) is 18.2 Å². The van der Waals surface area contributed by atoms with Crippen LogP contribution in [0.4, 0.5) is 4.79 Å². The molecule has 1 unspecified atom stereocenters. The predicted octanol–water partition coefficient (Wildman–Crippen LogP) is 1.92. The molecule has 0 radical (unpaired) electrons. The van der Waals surface area contributed by atoms with Crippen LogP contribution in [0.5, 0.6) is 5.75 Å². The molecule has 2 amide bonds. The van der Waals surface area contributed by atoms with Crippen molar-refractivity contribution in [2.24, 2.45) is 5.92 Å². The summed E-state index contributed by atoms with van der Waals surface area (Å²) in [6.45, 7) is 1.33. The molecule has 23 heavy (non-hydrogen) atoms. The smallest absolute Gasteiger partial charge is 0.317 e. The molecule has 0 bridgehead atoms. The average molecular weight is 361 g/mol. The summed E-state index contributed by atoms with van der Waals surface area (Å²) < 4.78 is 27.9. The second-order valence-corrected chi connectivity index (χ2v) is 8.43. The maximum Gasteiger partial charge on any atom is 0.317 e. The van der Waals surface area contributed by atoms with Crippen molar-refractivity contribution >= 4 is 27.5 Å². The van der Waals surface area contributed by atoms with Crippen molar-refractivity contribution in [3.8, 4) is 5.75 Å². The maximum absolute atomic E-state index is 12.2. The zero-order chi connectivity index (χ0) is 17.0. The van der Waals surface area contributed by atoms with Crippen molar-refractivity contribution in [3.05, 3.63) is 28.8 Å². The highest BCUT2D eigenvalue weighted by Gasteiger charge is 2.28. The van der Waals surface area contributed by atoms with Gasteiger partial charge in [-0.25, -0.2) is 13.2 Å². The second-order valence-electron chi connectivity index (χ2n) is 5.81. The van der Waals surface area contributed by atoms with Crippen LogP contribution >= 0.6 is 11.6 Å². The minimum Gasteiger partial charge on any atom is -0.496 e. The van der Waals surface area contributed by atoms with E-state index in [0.29, 0.717) is 36.8 Å². The van der Waals surface area contributed by atoms with Crippen LogP contribution in [-0.2, 0) is 16.4 Å². The molecule has 1 aliphatic heterocycles. The third-order valence-corrected chi connectivity index (χ3v) is 5.10. The number of methoxy groups -OCH3 is 1. The van der Waals surface area contributed by atoms with Gasteiger partial charge in [0.1, 0.15) is 15.6 Å². The number of urea groups is 1. The molecule has 6 nitrogen and oxygen atoms in total. The lowest BCUT2D eigenvalue weighted by atomic mass is 10.2. The van der Waals surface area contributed by atoms with E-state index in [0.717, 1.165) is 5.56 Å². The van der Waals surface area contributed by atoms with E-state index >= 15 is 0 Å². The first-order valence-corrected chi connectivity index (χ1v) is 9.75. The van der Waals surface area contributed by atoms with Crippen LogP contribution in [0.3, 0.4) is 0 Å². The highest BCUT2D eigenvalue weighted by Crippen LogP contribution is 2.23. The van der Waals surface area contributed by atoms with E-state index in [-0.39, 0.29) is 17.7 Å². The third-order valence-electron chi connectivity index (χ3n) is 3.78. The number of amides is 2. The molecule has 8 heteroatoms. The number of benzene rings is 1. The summed E-state index contributed by atoms with van der Waals surface area (Å²) in [5, 5.41) is 3.40. The Morgan fingerprint density at radius 3 is 2.87 bits per heavy atom. The lowest BCUT2D eigenvalue weighted by Gasteiger charge is -2.18. The Balaban J connectivity index is 1.90. The van der Waals surface area contributed by atoms with Crippen LogP contribution in [0.2, 0.25) is 5.02 Å². The van der Waals surface area contributed by atoms with E-state index in [4.69, 9.17) is 16.3 Å². The first kappa shape index (κ1) is 17.9. The monoisotopic (exact) mass is 360 g/mol. The normalized spacial score (nSPS) is 18.0. The van der Waals surface area contributed by atoms with Crippen molar-refractivity contribution in [3.63, 3.8) is 0 Å². The first-order chi connectivity index (χ1) is 10.8. The molecule has 2 rings (SSSR count). The summed E-state index contributed by atoms with van der Waals surface area (Å²) in [7, 11) is -1.45. The van der Waals surface area contributed by atoms with E-state index in [1.165, 1.54) is 6.26 Å². The number of likely N-dealkylation sites (tertiary alicyclic amines) is 1. The van der Waals surface area contributed by atoms with Gasteiger partial charge in [0.15, 0.2) is 0 Å². The van der Waals surface area contributed by atoms with Gasteiger partial charge < -0.3 is 15.0 Å². The number of ether oxygens (including phenoxy) is 1. The van der Waals surface area contributed by atoms with Gasteiger partial charge in [0.05, 0.1) is 12.9 Å². The van der Waals surface area contributed by atoms with E-state index in [9.17, 15) is 13.2 Å². The highest BCUT2D eigenvalue weighted by molar-refractivity contribution is 7.90. The van der Waals surface area contributed by atoms with Gasteiger partial charge in [-0.05, 0) is 30.5 Å². The van der Waals surface area contributed by atoms with Gasteiger partial charge in [-0.3, -0.25) is 0 Å². The Morgan fingerprint density at radius 2 is 2.22 bits per heavy atom. The number of hydrogen-bond acceptors (Lipinski definition) is 4. The first-order valence-electron chi connectivity index (χ1n) is 7.31. The van der Waals surface area contributed by atoms with Crippen LogP contribution in [0, 0.1) is 5.92 Å². The van der Waals surface area contributed by atoms with Gasteiger partial charge >= 0.3 is 6.03 Å². The lowest BCUT2D eigenvalue weighted by molar-refractivity contribution is 0.207. The SMILES string of the molecule is COc1ccc(Cl)cc1CNC(=O)N1CCC(CS(C)(=O)=O)C1. The van der Waals surface area contributed by atoms with Gasteiger partial charge in [-0.15, -0.1) is 0 Å². The average Bonchev–Trinajstić information content (AvgIpc) is 2.91. The zero-order valence-electron chi connectivity index (χ0n) is 13.2. The van der Waals surface area contributed by atoms with Crippen molar-refractivity contribution in [2.75, 3.05) is 32.2 Å². The number of carbonyl (C=O) groups excluding carboxylic acids is 1. The summed E-state index contributed by atoms with van der Waals surface area (Å²) in [5.74, 6) is 0.793. The Kier molecular flexibility index (Phi) is 5.75.